The van der Waals surface area contributed by atoms with Crippen molar-refractivity contribution in [1.82, 2.24) is 0 Å². The molecular formula is C16H20Cl2O8. The average Bonchev–Trinajstić information content (AvgIpc) is 2.51. The normalized spacial score (nSPS) is 9.31. The summed E-state index contributed by atoms with van der Waals surface area (Å²) in [6.07, 6.45) is 2.66. The highest BCUT2D eigenvalue weighted by Crippen LogP contribution is 2.07. The molecule has 0 aromatic carbocycles. The Morgan fingerprint density at radius 1 is 0.846 bits per heavy atom. The van der Waals surface area contributed by atoms with Crippen LogP contribution in [-0.4, -0.2) is 44.3 Å². The molecule has 0 aromatic rings. The predicted molar refractivity (Wildman–Crippen MR) is 97.3 cm³/mol. The van der Waals surface area contributed by atoms with Crippen molar-refractivity contribution in [2.24, 2.45) is 0 Å². The van der Waals surface area contributed by atoms with E-state index in [-0.39, 0.29) is 21.2 Å². The fourth-order valence-corrected chi connectivity index (χ4v) is 0.795. The quantitative estimate of drug-likeness (QED) is 0.367. The van der Waals surface area contributed by atoms with E-state index in [0.717, 1.165) is 0 Å². The van der Waals surface area contributed by atoms with Crippen LogP contribution in [0.25, 0.3) is 0 Å². The molecule has 4 N–H and O–H groups in total. The van der Waals surface area contributed by atoms with Gasteiger partial charge < -0.3 is 20.4 Å². The second-order valence-corrected chi connectivity index (χ2v) is 5.36. The lowest BCUT2D eigenvalue weighted by Gasteiger charge is -1.91. The first-order chi connectivity index (χ1) is 11.8. The van der Waals surface area contributed by atoms with E-state index in [2.05, 4.69) is 13.2 Å². The van der Waals surface area contributed by atoms with E-state index in [9.17, 15) is 19.2 Å². The zero-order chi connectivity index (χ0) is 21.4. The minimum atomic E-state index is -1.27. The monoisotopic (exact) mass is 410 g/mol. The van der Waals surface area contributed by atoms with Crippen molar-refractivity contribution < 1.29 is 39.6 Å². The van der Waals surface area contributed by atoms with Crippen molar-refractivity contribution in [3.8, 4) is 0 Å². The molecule has 146 valence electrons. The molecule has 26 heavy (non-hydrogen) atoms. The van der Waals surface area contributed by atoms with Crippen LogP contribution in [0, 0.1) is 0 Å². The Morgan fingerprint density at radius 3 is 1.42 bits per heavy atom. The molecule has 10 heteroatoms. The molecule has 0 spiro atoms. The van der Waals surface area contributed by atoms with Gasteiger partial charge in [-0.1, -0.05) is 43.3 Å². The molecule has 0 rings (SSSR count). The van der Waals surface area contributed by atoms with E-state index >= 15 is 0 Å². The number of aliphatic carboxylic acids is 4. The standard InChI is InChI=1S/C6H6Cl2O2.C5H6O4.C5H8O2/c1-4(6(9)10)2-3-5(7)8;1-3(5(8)9)2-4(6)7;1-3-4(2)5(6)7/h2-3H,1H3,(H,9,10);1-2H2,(H,6,7)(H,8,9);2-3H2,1H3,(H,6,7). The van der Waals surface area contributed by atoms with Gasteiger partial charge in [0.15, 0.2) is 0 Å². The number of hydrogen-bond donors (Lipinski definition) is 4. The summed E-state index contributed by atoms with van der Waals surface area (Å²) < 4.78 is 0.0422. The molecule has 8 nitrogen and oxygen atoms in total. The van der Waals surface area contributed by atoms with Crippen LogP contribution in [0.2, 0.25) is 0 Å². The third-order valence-corrected chi connectivity index (χ3v) is 2.44. The Labute approximate surface area is 160 Å². The number of allylic oxidation sites excluding steroid dienone is 2. The van der Waals surface area contributed by atoms with Crippen LogP contribution in [0.5, 0.6) is 0 Å². The van der Waals surface area contributed by atoms with Gasteiger partial charge in [0.2, 0.25) is 0 Å². The van der Waals surface area contributed by atoms with E-state index in [1.54, 1.807) is 6.92 Å². The van der Waals surface area contributed by atoms with Crippen molar-refractivity contribution in [2.45, 2.75) is 26.7 Å². The zero-order valence-corrected chi connectivity index (χ0v) is 15.7. The second-order valence-electron chi connectivity index (χ2n) is 4.35. The summed E-state index contributed by atoms with van der Waals surface area (Å²) >= 11 is 10.4. The first kappa shape index (κ1) is 28.2. The van der Waals surface area contributed by atoms with E-state index in [4.69, 9.17) is 43.6 Å². The fraction of sp³-hybridized carbons (Fsp3) is 0.250. The third kappa shape index (κ3) is 21.4. The van der Waals surface area contributed by atoms with Gasteiger partial charge in [0.25, 0.3) is 0 Å². The van der Waals surface area contributed by atoms with Crippen molar-refractivity contribution in [1.29, 1.82) is 0 Å². The van der Waals surface area contributed by atoms with Crippen molar-refractivity contribution in [3.05, 3.63) is 46.5 Å². The summed E-state index contributed by atoms with van der Waals surface area (Å²) in [5, 5.41) is 32.5. The van der Waals surface area contributed by atoms with E-state index in [0.29, 0.717) is 6.42 Å². The summed E-state index contributed by atoms with van der Waals surface area (Å²) in [6.45, 7) is 9.50. The Morgan fingerprint density at radius 2 is 1.27 bits per heavy atom. The van der Waals surface area contributed by atoms with Crippen molar-refractivity contribution in [2.75, 3.05) is 0 Å². The van der Waals surface area contributed by atoms with Crippen molar-refractivity contribution in [3.63, 3.8) is 0 Å². The highest BCUT2D eigenvalue weighted by molar-refractivity contribution is 6.56. The maximum atomic E-state index is 10.1. The van der Waals surface area contributed by atoms with Crippen LogP contribution in [0.15, 0.2) is 46.5 Å². The minimum Gasteiger partial charge on any atom is -0.481 e. The molecule has 0 aliphatic heterocycles. The molecule has 0 aliphatic carbocycles. The fourth-order valence-electron chi connectivity index (χ4n) is 0.669. The topological polar surface area (TPSA) is 149 Å². The smallest absolute Gasteiger partial charge is 0.331 e. The van der Waals surface area contributed by atoms with Crippen LogP contribution in [0.4, 0.5) is 0 Å². The first-order valence-electron chi connectivity index (χ1n) is 6.72. The van der Waals surface area contributed by atoms with E-state index in [1.807, 2.05) is 0 Å². The summed E-state index contributed by atoms with van der Waals surface area (Å²) in [4.78, 5) is 39.6. The maximum absolute atomic E-state index is 10.1. The third-order valence-electron chi connectivity index (χ3n) is 2.19. The molecule has 0 heterocycles. The molecule has 0 unspecified atom stereocenters. The lowest BCUT2D eigenvalue weighted by molar-refractivity contribution is -0.139. The number of halogens is 2. The summed E-state index contributed by atoms with van der Waals surface area (Å²) in [7, 11) is 0. The number of carboxylic acid groups (broad SMARTS) is 4. The highest BCUT2D eigenvalue weighted by Gasteiger charge is 2.07. The summed E-state index contributed by atoms with van der Waals surface area (Å²) in [6, 6.07) is 0. The van der Waals surface area contributed by atoms with Gasteiger partial charge in [-0.25, -0.2) is 14.4 Å². The van der Waals surface area contributed by atoms with Gasteiger partial charge in [0.05, 0.1) is 6.42 Å². The van der Waals surface area contributed by atoms with Gasteiger partial charge >= 0.3 is 23.9 Å². The van der Waals surface area contributed by atoms with Gasteiger partial charge in [-0.15, -0.1) is 0 Å². The van der Waals surface area contributed by atoms with Crippen LogP contribution < -0.4 is 0 Å². The van der Waals surface area contributed by atoms with Gasteiger partial charge in [-0.2, -0.15) is 0 Å². The first-order valence-corrected chi connectivity index (χ1v) is 7.48. The SMILES string of the molecule is C=C(CC(=O)O)C(=O)O.C=C(CC)C(=O)O.CC(=CC=C(Cl)Cl)C(=O)O. The Bertz CT molecular complexity index is 614. The Hall–Kier alpha value is -2.58. The number of carbonyl (C=O) groups is 4. The Kier molecular flexibility index (Phi) is 17.3. The molecule has 0 bridgehead atoms. The van der Waals surface area contributed by atoms with Crippen LogP contribution in [0.1, 0.15) is 26.7 Å². The molecular weight excluding hydrogens is 391 g/mol. The summed E-state index contributed by atoms with van der Waals surface area (Å²) in [5.74, 6) is -4.33. The molecule has 0 aliphatic rings. The lowest BCUT2D eigenvalue weighted by atomic mass is 10.2. The number of carboxylic acids is 4. The Balaban J connectivity index is -0.000000310. The minimum absolute atomic E-state index is 0.0422. The van der Waals surface area contributed by atoms with Gasteiger partial charge in [0.1, 0.15) is 4.49 Å². The second kappa shape index (κ2) is 15.9. The van der Waals surface area contributed by atoms with Crippen LogP contribution in [-0.2, 0) is 19.2 Å². The van der Waals surface area contributed by atoms with Gasteiger partial charge in [-0.3, -0.25) is 4.79 Å². The predicted octanol–water partition coefficient (Wildman–Crippen LogP) is 3.48. The number of rotatable bonds is 7. The number of hydrogen-bond acceptors (Lipinski definition) is 4. The molecule has 0 saturated heterocycles. The maximum Gasteiger partial charge on any atom is 0.331 e. The van der Waals surface area contributed by atoms with Crippen LogP contribution in [0.3, 0.4) is 0 Å². The van der Waals surface area contributed by atoms with E-state index in [1.165, 1.54) is 19.1 Å². The molecule has 0 aromatic heterocycles. The molecule has 0 fully saturated rings. The molecule has 0 amide bonds. The largest absolute Gasteiger partial charge is 0.481 e. The van der Waals surface area contributed by atoms with Gasteiger partial charge in [0, 0.05) is 16.7 Å². The summed E-state index contributed by atoms with van der Waals surface area (Å²) in [5.41, 5.74) is 0.154. The molecule has 0 radical (unpaired) electrons. The van der Waals surface area contributed by atoms with Crippen LogP contribution >= 0.6 is 23.2 Å². The lowest BCUT2D eigenvalue weighted by Crippen LogP contribution is -2.04. The average molecular weight is 411 g/mol. The highest BCUT2D eigenvalue weighted by atomic mass is 35.5. The van der Waals surface area contributed by atoms with Crippen molar-refractivity contribution >= 4 is 47.1 Å². The molecule has 0 atom stereocenters. The zero-order valence-electron chi connectivity index (χ0n) is 14.2. The van der Waals surface area contributed by atoms with Gasteiger partial charge in [-0.05, 0) is 25.5 Å². The molecule has 0 saturated carbocycles. The van der Waals surface area contributed by atoms with E-state index < -0.39 is 30.3 Å².